The molecule has 1 aliphatic rings. The van der Waals surface area contributed by atoms with Crippen molar-refractivity contribution in [3.05, 3.63) is 83.0 Å². The van der Waals surface area contributed by atoms with E-state index in [1.54, 1.807) is 0 Å². The summed E-state index contributed by atoms with van der Waals surface area (Å²) < 4.78 is 6.22. The molecule has 0 spiro atoms. The number of hydrogen-bond donors (Lipinski definition) is 1. The van der Waals surface area contributed by atoms with Gasteiger partial charge in [0.25, 0.3) is 0 Å². The highest BCUT2D eigenvalue weighted by molar-refractivity contribution is 5.76. The highest BCUT2D eigenvalue weighted by atomic mass is 16.5. The third kappa shape index (κ3) is 4.48. The summed E-state index contributed by atoms with van der Waals surface area (Å²) in [5.74, 6) is 0.958. The number of nitrogens with zero attached hydrogens (tertiary/aromatic N) is 1. The summed E-state index contributed by atoms with van der Waals surface area (Å²) in [4.78, 5) is 16.8. The molecule has 1 atom stereocenters. The van der Waals surface area contributed by atoms with Gasteiger partial charge in [-0.15, -0.1) is 0 Å². The molecule has 4 nitrogen and oxygen atoms in total. The molecule has 1 aliphatic heterocycles. The highest BCUT2D eigenvalue weighted by Crippen LogP contribution is 2.38. The van der Waals surface area contributed by atoms with Gasteiger partial charge in [-0.25, -0.2) is 0 Å². The molecule has 0 saturated heterocycles. The van der Waals surface area contributed by atoms with Crippen LogP contribution < -0.4 is 10.1 Å². The Morgan fingerprint density at radius 2 is 1.93 bits per heavy atom. The summed E-state index contributed by atoms with van der Waals surface area (Å²) in [5, 5.41) is 3.03. The lowest BCUT2D eigenvalue weighted by Crippen LogP contribution is -2.34. The van der Waals surface area contributed by atoms with Crippen molar-refractivity contribution in [2.24, 2.45) is 0 Å². The van der Waals surface area contributed by atoms with Crippen molar-refractivity contribution in [2.45, 2.75) is 39.2 Å². The van der Waals surface area contributed by atoms with Crippen molar-refractivity contribution in [3.63, 3.8) is 0 Å². The Labute approximate surface area is 172 Å². The first-order chi connectivity index (χ1) is 14.1. The second kappa shape index (κ2) is 8.48. The number of fused-ring (bicyclic) bond motifs is 1. The highest BCUT2D eigenvalue weighted by Gasteiger charge is 2.26. The molecule has 4 heteroatoms. The van der Waals surface area contributed by atoms with E-state index in [1.807, 2.05) is 18.3 Å². The zero-order valence-electron chi connectivity index (χ0n) is 16.9. The van der Waals surface area contributed by atoms with E-state index in [2.05, 4.69) is 66.6 Å². The zero-order valence-corrected chi connectivity index (χ0v) is 16.9. The minimum absolute atomic E-state index is 0.0431. The number of ether oxygens (including phenoxy) is 1. The second-order valence-electron chi connectivity index (χ2n) is 7.70. The van der Waals surface area contributed by atoms with Gasteiger partial charge in [0.15, 0.2) is 0 Å². The minimum Gasteiger partial charge on any atom is -0.487 e. The zero-order chi connectivity index (χ0) is 20.2. The van der Waals surface area contributed by atoms with Crippen LogP contribution in [0.4, 0.5) is 0 Å². The van der Waals surface area contributed by atoms with E-state index < -0.39 is 0 Å². The van der Waals surface area contributed by atoms with E-state index in [0.717, 1.165) is 35.4 Å². The lowest BCUT2D eigenvalue weighted by atomic mass is 10.0. The van der Waals surface area contributed by atoms with Gasteiger partial charge < -0.3 is 10.1 Å². The molecule has 1 N–H and O–H groups in total. The van der Waals surface area contributed by atoms with Crippen molar-refractivity contribution in [2.75, 3.05) is 6.54 Å². The number of nitrogens with one attached hydrogen (secondary N) is 1. The van der Waals surface area contributed by atoms with E-state index in [4.69, 9.17) is 4.74 Å². The molecule has 0 radical (unpaired) electrons. The first-order valence-electron chi connectivity index (χ1n) is 10.1. The average molecular weight is 386 g/mol. The maximum atomic E-state index is 12.3. The molecule has 148 valence electrons. The van der Waals surface area contributed by atoms with Crippen LogP contribution in [0.15, 0.2) is 60.8 Å². The van der Waals surface area contributed by atoms with E-state index in [9.17, 15) is 4.79 Å². The number of pyridine rings is 1. The Hall–Kier alpha value is -3.14. The fourth-order valence-electron chi connectivity index (χ4n) is 3.74. The molecule has 0 fully saturated rings. The number of para-hydroxylation sites is 1. The van der Waals surface area contributed by atoms with Crippen LogP contribution >= 0.6 is 0 Å². The van der Waals surface area contributed by atoms with Crippen LogP contribution in [-0.2, 0) is 17.6 Å². The predicted molar refractivity (Wildman–Crippen MR) is 115 cm³/mol. The summed E-state index contributed by atoms with van der Waals surface area (Å²) in [6.45, 7) is 4.64. The monoisotopic (exact) mass is 386 g/mol. The summed E-state index contributed by atoms with van der Waals surface area (Å²) in [5.41, 5.74) is 6.69. The third-order valence-corrected chi connectivity index (χ3v) is 5.38. The third-order valence-electron chi connectivity index (χ3n) is 5.38. The summed E-state index contributed by atoms with van der Waals surface area (Å²) in [7, 11) is 0. The lowest BCUT2D eigenvalue weighted by Gasteiger charge is -2.14. The lowest BCUT2D eigenvalue weighted by molar-refractivity contribution is -0.121. The van der Waals surface area contributed by atoms with Crippen molar-refractivity contribution in [1.82, 2.24) is 10.3 Å². The summed E-state index contributed by atoms with van der Waals surface area (Å²) >= 11 is 0. The molecule has 1 unspecified atom stereocenters. The number of hydrogen-bond acceptors (Lipinski definition) is 3. The Bertz CT molecular complexity index is 1010. The Morgan fingerprint density at radius 3 is 2.72 bits per heavy atom. The smallest absolute Gasteiger partial charge is 0.220 e. The van der Waals surface area contributed by atoms with Gasteiger partial charge >= 0.3 is 0 Å². The minimum atomic E-state index is -0.0431. The molecule has 2 aromatic carbocycles. The molecule has 29 heavy (non-hydrogen) atoms. The Balaban J connectivity index is 1.34. The Kier molecular flexibility index (Phi) is 5.61. The van der Waals surface area contributed by atoms with Gasteiger partial charge in [0, 0.05) is 24.6 Å². The van der Waals surface area contributed by atoms with Crippen LogP contribution in [0.5, 0.6) is 5.75 Å². The topological polar surface area (TPSA) is 51.2 Å². The van der Waals surface area contributed by atoms with E-state index in [-0.39, 0.29) is 12.0 Å². The molecule has 2 heterocycles. The summed E-state index contributed by atoms with van der Waals surface area (Å²) in [6.07, 6.45) is 3.80. The molecule has 1 amide bonds. The normalized spacial score (nSPS) is 14.9. The molecule has 0 saturated carbocycles. The van der Waals surface area contributed by atoms with Gasteiger partial charge in [-0.2, -0.15) is 0 Å². The van der Waals surface area contributed by atoms with Crippen molar-refractivity contribution < 1.29 is 9.53 Å². The summed E-state index contributed by atoms with van der Waals surface area (Å²) in [6, 6.07) is 18.5. The average Bonchev–Trinajstić information content (AvgIpc) is 3.15. The van der Waals surface area contributed by atoms with Gasteiger partial charge in [0.2, 0.25) is 5.91 Å². The van der Waals surface area contributed by atoms with Crippen LogP contribution in [0.2, 0.25) is 0 Å². The number of carbonyl (C=O) groups is 1. The van der Waals surface area contributed by atoms with Crippen LogP contribution in [0.1, 0.15) is 28.7 Å². The largest absolute Gasteiger partial charge is 0.487 e. The molecule has 3 aromatic rings. The van der Waals surface area contributed by atoms with E-state index >= 15 is 0 Å². The maximum absolute atomic E-state index is 12.3. The van der Waals surface area contributed by atoms with Crippen LogP contribution in [-0.4, -0.2) is 23.5 Å². The number of amides is 1. The number of aryl methyl sites for hydroxylation is 3. The predicted octanol–water partition coefficient (Wildman–Crippen LogP) is 4.42. The van der Waals surface area contributed by atoms with Crippen molar-refractivity contribution in [3.8, 4) is 17.0 Å². The number of benzene rings is 2. The molecule has 0 aliphatic carbocycles. The molecular formula is C25H26N2O2. The van der Waals surface area contributed by atoms with Gasteiger partial charge in [0.05, 0.1) is 12.2 Å². The SMILES string of the molecule is Cc1ccc(CCC(=O)NCC2Cc3cccc(-c4ncccc4C)c3O2)cc1. The van der Waals surface area contributed by atoms with Crippen LogP contribution in [0.25, 0.3) is 11.3 Å². The first kappa shape index (κ1) is 19.2. The molecule has 0 bridgehead atoms. The molecule has 4 rings (SSSR count). The quantitative estimate of drug-likeness (QED) is 0.682. The number of carbonyl (C=O) groups excluding carboxylic acids is 1. The fourth-order valence-corrected chi connectivity index (χ4v) is 3.74. The number of aromatic nitrogens is 1. The van der Waals surface area contributed by atoms with Gasteiger partial charge in [-0.1, -0.05) is 48.0 Å². The van der Waals surface area contributed by atoms with Crippen molar-refractivity contribution in [1.29, 1.82) is 0 Å². The number of rotatable bonds is 6. The van der Waals surface area contributed by atoms with E-state index in [1.165, 1.54) is 16.7 Å². The van der Waals surface area contributed by atoms with E-state index in [0.29, 0.717) is 13.0 Å². The standard InChI is InChI=1S/C25H26N2O2/c1-17-8-10-19(11-9-17)12-13-23(28)27-16-21-15-20-6-3-7-22(25(20)29-21)24-18(2)5-4-14-26-24/h3-11,14,21H,12-13,15-16H2,1-2H3,(H,27,28). The van der Waals surface area contributed by atoms with Gasteiger partial charge in [-0.05, 0) is 49.1 Å². The van der Waals surface area contributed by atoms with Gasteiger partial charge in [0.1, 0.15) is 11.9 Å². The van der Waals surface area contributed by atoms with Crippen LogP contribution in [0.3, 0.4) is 0 Å². The Morgan fingerprint density at radius 1 is 1.10 bits per heavy atom. The van der Waals surface area contributed by atoms with Crippen LogP contribution in [0, 0.1) is 13.8 Å². The fraction of sp³-hybridized carbons (Fsp3) is 0.280. The first-order valence-corrected chi connectivity index (χ1v) is 10.1. The van der Waals surface area contributed by atoms with Gasteiger partial charge in [-0.3, -0.25) is 9.78 Å². The molecular weight excluding hydrogens is 360 g/mol. The van der Waals surface area contributed by atoms with Crippen molar-refractivity contribution >= 4 is 5.91 Å². The second-order valence-corrected chi connectivity index (χ2v) is 7.70. The maximum Gasteiger partial charge on any atom is 0.220 e. The molecule has 1 aromatic heterocycles.